The highest BCUT2D eigenvalue weighted by Crippen LogP contribution is 2.29. The maximum Gasteiger partial charge on any atom is 0.161 e. The average molecular weight is 293 g/mol. The lowest BCUT2D eigenvalue weighted by molar-refractivity contribution is 0.168. The third kappa shape index (κ3) is 6.38. The van der Waals surface area contributed by atoms with E-state index in [2.05, 4.69) is 52.1 Å². The van der Waals surface area contributed by atoms with Gasteiger partial charge in [0.25, 0.3) is 0 Å². The number of nitrogens with one attached hydrogen (secondary N) is 1. The molecule has 1 aromatic carbocycles. The van der Waals surface area contributed by atoms with Gasteiger partial charge in [0.2, 0.25) is 0 Å². The second kappa shape index (κ2) is 8.28. The number of ether oxygens (including phenoxy) is 2. The summed E-state index contributed by atoms with van der Waals surface area (Å²) < 4.78 is 11.7. The van der Waals surface area contributed by atoms with Crippen LogP contribution in [-0.2, 0) is 6.42 Å². The summed E-state index contributed by atoms with van der Waals surface area (Å²) in [5.41, 5.74) is 1.37. The summed E-state index contributed by atoms with van der Waals surface area (Å²) in [5.74, 6) is 1.66. The molecule has 0 aliphatic carbocycles. The summed E-state index contributed by atoms with van der Waals surface area (Å²) in [5, 5.41) is 3.52. The van der Waals surface area contributed by atoms with Crippen molar-refractivity contribution in [2.24, 2.45) is 0 Å². The number of hydrogen-bond acceptors (Lipinski definition) is 3. The van der Waals surface area contributed by atoms with E-state index in [0.29, 0.717) is 0 Å². The fourth-order valence-corrected chi connectivity index (χ4v) is 2.15. The molecule has 0 saturated carbocycles. The molecule has 1 aromatic rings. The number of hydrogen-bond donors (Lipinski definition) is 1. The van der Waals surface area contributed by atoms with Crippen LogP contribution >= 0.6 is 0 Å². The van der Waals surface area contributed by atoms with Crippen LogP contribution in [0.2, 0.25) is 0 Å². The van der Waals surface area contributed by atoms with Crippen LogP contribution in [0.25, 0.3) is 0 Å². The van der Waals surface area contributed by atoms with E-state index in [9.17, 15) is 0 Å². The Morgan fingerprint density at radius 1 is 1.14 bits per heavy atom. The molecule has 3 heteroatoms. The summed E-state index contributed by atoms with van der Waals surface area (Å²) in [4.78, 5) is 0. The highest BCUT2D eigenvalue weighted by Gasteiger charge is 2.16. The molecule has 1 atom stereocenters. The third-order valence-corrected chi connectivity index (χ3v) is 3.40. The van der Waals surface area contributed by atoms with Gasteiger partial charge in [-0.15, -0.1) is 0 Å². The quantitative estimate of drug-likeness (QED) is 0.779. The van der Waals surface area contributed by atoms with Crippen molar-refractivity contribution in [1.29, 1.82) is 0 Å². The molecule has 0 bridgehead atoms. The minimum Gasteiger partial charge on any atom is -0.493 e. The molecule has 0 fully saturated rings. The van der Waals surface area contributed by atoms with E-state index in [1.165, 1.54) is 5.56 Å². The largest absolute Gasteiger partial charge is 0.493 e. The van der Waals surface area contributed by atoms with Gasteiger partial charge >= 0.3 is 0 Å². The molecule has 0 amide bonds. The van der Waals surface area contributed by atoms with Crippen molar-refractivity contribution in [2.75, 3.05) is 13.7 Å². The monoisotopic (exact) mass is 293 g/mol. The Morgan fingerprint density at radius 3 is 2.38 bits per heavy atom. The Bertz CT molecular complexity index is 424. The topological polar surface area (TPSA) is 30.5 Å². The van der Waals surface area contributed by atoms with Gasteiger partial charge in [0.1, 0.15) is 6.10 Å². The van der Waals surface area contributed by atoms with Crippen molar-refractivity contribution in [3.8, 4) is 11.5 Å². The van der Waals surface area contributed by atoms with E-state index < -0.39 is 0 Å². The van der Waals surface area contributed by atoms with E-state index in [1.807, 2.05) is 6.07 Å². The van der Waals surface area contributed by atoms with Gasteiger partial charge in [0.05, 0.1) is 7.11 Å². The molecule has 1 rings (SSSR count). The Morgan fingerprint density at radius 2 is 1.86 bits per heavy atom. The second-order valence-corrected chi connectivity index (χ2v) is 6.50. The van der Waals surface area contributed by atoms with Gasteiger partial charge in [-0.25, -0.2) is 0 Å². The maximum absolute atomic E-state index is 6.18. The van der Waals surface area contributed by atoms with Crippen molar-refractivity contribution in [2.45, 2.75) is 65.5 Å². The van der Waals surface area contributed by atoms with E-state index in [0.717, 1.165) is 37.3 Å². The first-order chi connectivity index (χ1) is 9.89. The van der Waals surface area contributed by atoms with Gasteiger partial charge in [0, 0.05) is 12.1 Å². The highest BCUT2D eigenvalue weighted by atomic mass is 16.5. The maximum atomic E-state index is 6.18. The molecule has 0 spiro atoms. The summed E-state index contributed by atoms with van der Waals surface area (Å²) in [6, 6.07) is 6.20. The predicted molar refractivity (Wildman–Crippen MR) is 89.5 cm³/mol. The molecule has 0 aromatic heterocycles. The molecule has 21 heavy (non-hydrogen) atoms. The van der Waals surface area contributed by atoms with Gasteiger partial charge in [-0.2, -0.15) is 0 Å². The molecule has 1 N–H and O–H groups in total. The Balaban J connectivity index is 2.78. The first-order valence-electron chi connectivity index (χ1n) is 7.98. The standard InChI is InChI=1S/C18H31NO2/c1-7-9-15(13-19-18(3,4)5)21-16-11-10-14(8-2)12-17(16)20-6/h10-12,15,19H,7-9,13H2,1-6H3. The van der Waals surface area contributed by atoms with Crippen LogP contribution in [0.1, 0.15) is 53.0 Å². The van der Waals surface area contributed by atoms with Gasteiger partial charge < -0.3 is 14.8 Å². The SMILES string of the molecule is CCCC(CNC(C)(C)C)Oc1ccc(CC)cc1OC. The first kappa shape index (κ1) is 17.8. The fraction of sp³-hybridized carbons (Fsp3) is 0.667. The van der Waals surface area contributed by atoms with Crippen molar-refractivity contribution < 1.29 is 9.47 Å². The van der Waals surface area contributed by atoms with Crippen LogP contribution in [0.15, 0.2) is 18.2 Å². The third-order valence-electron chi connectivity index (χ3n) is 3.40. The fourth-order valence-electron chi connectivity index (χ4n) is 2.15. The Labute approximate surface area is 130 Å². The lowest BCUT2D eigenvalue weighted by Gasteiger charge is -2.26. The van der Waals surface area contributed by atoms with Gasteiger partial charge in [0.15, 0.2) is 11.5 Å². The number of methoxy groups -OCH3 is 1. The van der Waals surface area contributed by atoms with Crippen molar-refractivity contribution in [3.63, 3.8) is 0 Å². The zero-order chi connectivity index (χ0) is 15.9. The zero-order valence-corrected chi connectivity index (χ0v) is 14.5. The van der Waals surface area contributed by atoms with Crippen LogP contribution in [0.4, 0.5) is 0 Å². The van der Waals surface area contributed by atoms with Crippen LogP contribution in [0, 0.1) is 0 Å². The minimum absolute atomic E-state index is 0.103. The molecule has 1 unspecified atom stereocenters. The number of rotatable bonds is 8. The minimum atomic E-state index is 0.103. The summed E-state index contributed by atoms with van der Waals surface area (Å²) in [6.07, 6.45) is 3.30. The number of aryl methyl sites for hydroxylation is 1. The van der Waals surface area contributed by atoms with Crippen molar-refractivity contribution in [1.82, 2.24) is 5.32 Å². The average Bonchev–Trinajstić information content (AvgIpc) is 2.44. The van der Waals surface area contributed by atoms with Crippen molar-refractivity contribution >= 4 is 0 Å². The van der Waals surface area contributed by atoms with Crippen LogP contribution in [0.3, 0.4) is 0 Å². The summed E-state index contributed by atoms with van der Waals surface area (Å²) in [6.45, 7) is 11.7. The van der Waals surface area contributed by atoms with E-state index in [1.54, 1.807) is 7.11 Å². The van der Waals surface area contributed by atoms with Gasteiger partial charge in [-0.1, -0.05) is 26.3 Å². The molecule has 0 aliphatic heterocycles. The molecule has 120 valence electrons. The van der Waals surface area contributed by atoms with Crippen molar-refractivity contribution in [3.05, 3.63) is 23.8 Å². The summed E-state index contributed by atoms with van der Waals surface area (Å²) >= 11 is 0. The first-order valence-corrected chi connectivity index (χ1v) is 7.98. The van der Waals surface area contributed by atoms with E-state index in [4.69, 9.17) is 9.47 Å². The molecule has 0 radical (unpaired) electrons. The molecule has 0 saturated heterocycles. The van der Waals surface area contributed by atoms with E-state index in [-0.39, 0.29) is 11.6 Å². The Kier molecular flexibility index (Phi) is 7.03. The predicted octanol–water partition coefficient (Wildman–Crippen LogP) is 4.19. The molecule has 0 heterocycles. The molecular weight excluding hydrogens is 262 g/mol. The normalized spacial score (nSPS) is 13.0. The smallest absolute Gasteiger partial charge is 0.161 e. The van der Waals surface area contributed by atoms with Crippen LogP contribution < -0.4 is 14.8 Å². The molecule has 0 aliphatic rings. The van der Waals surface area contributed by atoms with Gasteiger partial charge in [-0.05, 0) is 51.3 Å². The van der Waals surface area contributed by atoms with E-state index >= 15 is 0 Å². The lowest BCUT2D eigenvalue weighted by atomic mass is 10.1. The zero-order valence-electron chi connectivity index (χ0n) is 14.5. The number of benzene rings is 1. The highest BCUT2D eigenvalue weighted by molar-refractivity contribution is 5.43. The van der Waals surface area contributed by atoms with Gasteiger partial charge in [-0.3, -0.25) is 0 Å². The van der Waals surface area contributed by atoms with Crippen LogP contribution in [0.5, 0.6) is 11.5 Å². The summed E-state index contributed by atoms with van der Waals surface area (Å²) in [7, 11) is 1.70. The molecule has 3 nitrogen and oxygen atoms in total. The second-order valence-electron chi connectivity index (χ2n) is 6.50. The molecular formula is C18H31NO2. The van der Waals surface area contributed by atoms with Crippen LogP contribution in [-0.4, -0.2) is 25.3 Å². The Hall–Kier alpha value is -1.22. The lowest BCUT2D eigenvalue weighted by Crippen LogP contribution is -2.42.